The molecule has 2 aromatic rings. The number of hydrogen-bond donors (Lipinski definition) is 0. The molecule has 0 aliphatic carbocycles. The van der Waals surface area contributed by atoms with Crippen LogP contribution < -0.4 is 0 Å². The number of rotatable bonds is 2. The molecule has 3 heteroatoms. The van der Waals surface area contributed by atoms with Gasteiger partial charge in [-0.1, -0.05) is 17.7 Å². The third-order valence-corrected chi connectivity index (χ3v) is 2.57. The van der Waals surface area contributed by atoms with Gasteiger partial charge in [0.2, 0.25) is 0 Å². The van der Waals surface area contributed by atoms with Gasteiger partial charge < -0.3 is 0 Å². The first kappa shape index (κ1) is 10.8. The molecule has 0 bridgehead atoms. The lowest BCUT2D eigenvalue weighted by Crippen LogP contribution is -1.85. The van der Waals surface area contributed by atoms with E-state index in [2.05, 4.69) is 4.98 Å². The normalized spacial score (nSPS) is 11.1. The molecule has 1 aromatic heterocycles. The van der Waals surface area contributed by atoms with Crippen LogP contribution in [-0.2, 0) is 4.79 Å². The van der Waals surface area contributed by atoms with Gasteiger partial charge in [-0.15, -0.1) is 0 Å². The fraction of sp³-hybridized carbons (Fsp3) is 0.0769. The number of carbonyl (C=O) groups is 1. The second kappa shape index (κ2) is 4.45. The number of fused-ring (bicyclic) bond motifs is 1. The van der Waals surface area contributed by atoms with E-state index >= 15 is 0 Å². The highest BCUT2D eigenvalue weighted by Gasteiger charge is 2.02. The molecular formula is C13H10ClNO. The van der Waals surface area contributed by atoms with Crippen molar-refractivity contribution in [2.24, 2.45) is 0 Å². The fourth-order valence-corrected chi connectivity index (χ4v) is 1.72. The van der Waals surface area contributed by atoms with E-state index in [1.165, 1.54) is 13.0 Å². The average molecular weight is 232 g/mol. The number of ketones is 1. The van der Waals surface area contributed by atoms with Crippen molar-refractivity contribution >= 4 is 34.4 Å². The Bertz CT molecular complexity index is 575. The van der Waals surface area contributed by atoms with Gasteiger partial charge in [0.15, 0.2) is 5.78 Å². The van der Waals surface area contributed by atoms with Crippen molar-refractivity contribution in [3.05, 3.63) is 47.1 Å². The summed E-state index contributed by atoms with van der Waals surface area (Å²) in [6.07, 6.45) is 5.00. The molecule has 2 nitrogen and oxygen atoms in total. The number of allylic oxidation sites excluding steroid dienone is 1. The molecule has 0 saturated heterocycles. The number of benzene rings is 1. The monoisotopic (exact) mass is 231 g/mol. The number of nitrogens with zero attached hydrogens (tertiary/aromatic N) is 1. The minimum atomic E-state index is 0.0130. The predicted molar refractivity (Wildman–Crippen MR) is 66.5 cm³/mol. The van der Waals surface area contributed by atoms with Gasteiger partial charge in [-0.3, -0.25) is 9.78 Å². The number of halogens is 1. The number of hydrogen-bond acceptors (Lipinski definition) is 2. The van der Waals surface area contributed by atoms with Crippen LogP contribution >= 0.6 is 11.6 Å². The van der Waals surface area contributed by atoms with Gasteiger partial charge >= 0.3 is 0 Å². The van der Waals surface area contributed by atoms with Gasteiger partial charge in [-0.05, 0) is 37.3 Å². The zero-order valence-corrected chi connectivity index (χ0v) is 9.53. The summed E-state index contributed by atoms with van der Waals surface area (Å²) in [5, 5.41) is 1.57. The summed E-state index contributed by atoms with van der Waals surface area (Å²) in [5.41, 5.74) is 1.71. The van der Waals surface area contributed by atoms with Crippen LogP contribution in [0.4, 0.5) is 0 Å². The Morgan fingerprint density at radius 1 is 1.38 bits per heavy atom. The van der Waals surface area contributed by atoms with Gasteiger partial charge in [0.05, 0.1) is 10.5 Å². The zero-order chi connectivity index (χ0) is 11.5. The molecule has 80 valence electrons. The Kier molecular flexibility index (Phi) is 3.02. The third kappa shape index (κ3) is 2.12. The van der Waals surface area contributed by atoms with E-state index in [0.29, 0.717) is 5.02 Å². The zero-order valence-electron chi connectivity index (χ0n) is 8.77. The van der Waals surface area contributed by atoms with E-state index < -0.39 is 0 Å². The van der Waals surface area contributed by atoms with Gasteiger partial charge in [0.25, 0.3) is 0 Å². The summed E-state index contributed by atoms with van der Waals surface area (Å²) < 4.78 is 0. The molecule has 0 unspecified atom stereocenters. The maximum atomic E-state index is 10.9. The van der Waals surface area contributed by atoms with Crippen LogP contribution in [0.3, 0.4) is 0 Å². The second-order valence-corrected chi connectivity index (χ2v) is 3.89. The molecule has 0 amide bonds. The fourth-order valence-electron chi connectivity index (χ4n) is 1.50. The number of carbonyl (C=O) groups excluding carboxylic acids is 1. The summed E-state index contributed by atoms with van der Waals surface area (Å²) in [5.74, 6) is 0.0130. The van der Waals surface area contributed by atoms with Gasteiger partial charge in [0.1, 0.15) is 0 Å². The topological polar surface area (TPSA) is 30.0 Å². The summed E-state index contributed by atoms with van der Waals surface area (Å²) in [4.78, 5) is 15.2. The third-order valence-electron chi connectivity index (χ3n) is 2.25. The lowest BCUT2D eigenvalue weighted by Gasteiger charge is -2.02. The van der Waals surface area contributed by atoms with Crippen LogP contribution in [0.15, 0.2) is 36.5 Å². The van der Waals surface area contributed by atoms with Gasteiger partial charge in [0, 0.05) is 17.1 Å². The molecule has 16 heavy (non-hydrogen) atoms. The second-order valence-electron chi connectivity index (χ2n) is 3.48. The first-order valence-corrected chi connectivity index (χ1v) is 5.28. The van der Waals surface area contributed by atoms with E-state index in [9.17, 15) is 4.79 Å². The largest absolute Gasteiger partial charge is 0.295 e. The van der Waals surface area contributed by atoms with Crippen LogP contribution in [0.25, 0.3) is 17.0 Å². The van der Waals surface area contributed by atoms with Crippen LogP contribution in [0.1, 0.15) is 12.5 Å². The summed E-state index contributed by atoms with van der Waals surface area (Å²) in [6, 6.07) is 7.42. The first-order valence-electron chi connectivity index (χ1n) is 4.90. The van der Waals surface area contributed by atoms with Crippen LogP contribution in [-0.4, -0.2) is 10.8 Å². The Hall–Kier alpha value is -1.67. The Balaban J connectivity index is 2.63. The van der Waals surface area contributed by atoms with E-state index in [0.717, 1.165) is 16.5 Å². The lowest BCUT2D eigenvalue weighted by molar-refractivity contribution is -0.112. The number of aromatic nitrogens is 1. The van der Waals surface area contributed by atoms with E-state index in [1.54, 1.807) is 12.3 Å². The molecule has 0 atom stereocenters. The summed E-state index contributed by atoms with van der Waals surface area (Å²) in [7, 11) is 0. The highest BCUT2D eigenvalue weighted by molar-refractivity contribution is 6.35. The molecular weight excluding hydrogens is 222 g/mol. The van der Waals surface area contributed by atoms with Crippen molar-refractivity contribution in [3.63, 3.8) is 0 Å². The quantitative estimate of drug-likeness (QED) is 0.741. The van der Waals surface area contributed by atoms with E-state index in [4.69, 9.17) is 11.6 Å². The molecule has 0 aliphatic rings. The van der Waals surface area contributed by atoms with Crippen molar-refractivity contribution in [1.82, 2.24) is 4.98 Å². The molecule has 0 fully saturated rings. The van der Waals surface area contributed by atoms with Crippen molar-refractivity contribution in [3.8, 4) is 0 Å². The van der Waals surface area contributed by atoms with E-state index in [1.807, 2.05) is 24.3 Å². The summed E-state index contributed by atoms with van der Waals surface area (Å²) >= 11 is 6.06. The Labute approximate surface area is 98.6 Å². The number of pyridine rings is 1. The van der Waals surface area contributed by atoms with Crippen LogP contribution in [0.5, 0.6) is 0 Å². The summed E-state index contributed by atoms with van der Waals surface area (Å²) in [6.45, 7) is 1.52. The minimum absolute atomic E-state index is 0.0130. The highest BCUT2D eigenvalue weighted by Crippen LogP contribution is 2.25. The first-order chi connectivity index (χ1) is 7.68. The molecule has 0 saturated carbocycles. The van der Waals surface area contributed by atoms with Crippen molar-refractivity contribution in [2.45, 2.75) is 6.92 Å². The smallest absolute Gasteiger partial charge is 0.152 e. The molecule has 0 N–H and O–H groups in total. The maximum absolute atomic E-state index is 10.9. The molecule has 1 aromatic carbocycles. The molecule has 0 spiro atoms. The van der Waals surface area contributed by atoms with Gasteiger partial charge in [-0.25, -0.2) is 0 Å². The Morgan fingerprint density at radius 2 is 2.19 bits per heavy atom. The van der Waals surface area contributed by atoms with E-state index in [-0.39, 0.29) is 5.78 Å². The van der Waals surface area contributed by atoms with Crippen LogP contribution in [0.2, 0.25) is 5.02 Å². The highest BCUT2D eigenvalue weighted by atomic mass is 35.5. The predicted octanol–water partition coefficient (Wildman–Crippen LogP) is 3.49. The lowest BCUT2D eigenvalue weighted by atomic mass is 10.1. The SMILES string of the molecule is CC(=O)/C=C/c1ccc(Cl)c2cccnc12. The van der Waals surface area contributed by atoms with Crippen molar-refractivity contribution in [2.75, 3.05) is 0 Å². The van der Waals surface area contributed by atoms with Gasteiger partial charge in [-0.2, -0.15) is 0 Å². The minimum Gasteiger partial charge on any atom is -0.295 e. The molecule has 2 rings (SSSR count). The van der Waals surface area contributed by atoms with Crippen molar-refractivity contribution < 1.29 is 4.79 Å². The molecule has 1 heterocycles. The maximum Gasteiger partial charge on any atom is 0.152 e. The van der Waals surface area contributed by atoms with Crippen molar-refractivity contribution in [1.29, 1.82) is 0 Å². The Morgan fingerprint density at radius 3 is 2.94 bits per heavy atom. The molecule has 0 radical (unpaired) electrons. The van der Waals surface area contributed by atoms with Crippen LogP contribution in [0, 0.1) is 0 Å². The molecule has 0 aliphatic heterocycles. The standard InChI is InChI=1S/C13H10ClNO/c1-9(16)4-5-10-6-7-12(14)11-3-2-8-15-13(10)11/h2-8H,1H3/b5-4+. The average Bonchev–Trinajstić information content (AvgIpc) is 2.28.